The molecule has 1 aromatic rings. The first kappa shape index (κ1) is 9.25. The third kappa shape index (κ3) is 1.52. The molecule has 0 fully saturated rings. The van der Waals surface area contributed by atoms with E-state index in [4.69, 9.17) is 4.74 Å². The maximum Gasteiger partial charge on any atom is 0.166 e. The number of carbonyl (C=O) groups excluding carboxylic acids is 1. The highest BCUT2D eigenvalue weighted by atomic mass is 16.5. The van der Waals surface area contributed by atoms with Gasteiger partial charge in [0.1, 0.15) is 5.75 Å². The fourth-order valence-corrected chi connectivity index (χ4v) is 1.79. The van der Waals surface area contributed by atoms with Gasteiger partial charge >= 0.3 is 0 Å². The van der Waals surface area contributed by atoms with Gasteiger partial charge in [0.25, 0.3) is 0 Å². The van der Waals surface area contributed by atoms with E-state index in [1.54, 1.807) is 0 Å². The minimum absolute atomic E-state index is 0.216. The van der Waals surface area contributed by atoms with Crippen LogP contribution in [-0.4, -0.2) is 12.4 Å². The molecule has 0 aromatic heterocycles. The standard InChI is InChI=1S/C12H14O2/c1-2-9-5-3-6-10-11(13)7-4-8-14-12(9)10/h3,5-6H,2,4,7-8H2,1H3. The number of para-hydroxylation sites is 1. The highest BCUT2D eigenvalue weighted by Crippen LogP contribution is 2.28. The third-order valence-corrected chi connectivity index (χ3v) is 2.57. The second-order valence-corrected chi connectivity index (χ2v) is 3.52. The van der Waals surface area contributed by atoms with Gasteiger partial charge < -0.3 is 4.74 Å². The highest BCUT2D eigenvalue weighted by Gasteiger charge is 2.18. The Labute approximate surface area is 83.9 Å². The maximum absolute atomic E-state index is 11.7. The van der Waals surface area contributed by atoms with Crippen LogP contribution in [0.25, 0.3) is 0 Å². The predicted molar refractivity (Wildman–Crippen MR) is 54.9 cm³/mol. The Morgan fingerprint density at radius 3 is 3.07 bits per heavy atom. The van der Waals surface area contributed by atoms with Crippen LogP contribution in [-0.2, 0) is 6.42 Å². The normalized spacial score (nSPS) is 15.6. The lowest BCUT2D eigenvalue weighted by Crippen LogP contribution is -2.00. The molecule has 1 aromatic carbocycles. The first-order chi connectivity index (χ1) is 6.83. The minimum Gasteiger partial charge on any atom is -0.493 e. The number of benzene rings is 1. The molecule has 0 N–H and O–H groups in total. The molecular formula is C12H14O2. The van der Waals surface area contributed by atoms with Crippen molar-refractivity contribution in [1.82, 2.24) is 0 Å². The number of carbonyl (C=O) groups is 1. The van der Waals surface area contributed by atoms with E-state index in [1.165, 1.54) is 0 Å². The molecule has 0 spiro atoms. The summed E-state index contributed by atoms with van der Waals surface area (Å²) >= 11 is 0. The minimum atomic E-state index is 0.216. The molecule has 0 aliphatic carbocycles. The van der Waals surface area contributed by atoms with Gasteiger partial charge in [0.05, 0.1) is 12.2 Å². The summed E-state index contributed by atoms with van der Waals surface area (Å²) in [5.74, 6) is 1.03. The molecule has 1 heterocycles. The van der Waals surface area contributed by atoms with Crippen molar-refractivity contribution in [3.63, 3.8) is 0 Å². The topological polar surface area (TPSA) is 26.3 Å². The van der Waals surface area contributed by atoms with Crippen molar-refractivity contribution in [2.45, 2.75) is 26.2 Å². The van der Waals surface area contributed by atoms with Crippen LogP contribution in [0.3, 0.4) is 0 Å². The Hall–Kier alpha value is -1.31. The average molecular weight is 190 g/mol. The van der Waals surface area contributed by atoms with Gasteiger partial charge in [-0.15, -0.1) is 0 Å². The zero-order valence-corrected chi connectivity index (χ0v) is 8.38. The van der Waals surface area contributed by atoms with E-state index >= 15 is 0 Å². The van der Waals surface area contributed by atoms with Crippen LogP contribution in [0.5, 0.6) is 5.75 Å². The van der Waals surface area contributed by atoms with Crippen LogP contribution < -0.4 is 4.74 Å². The van der Waals surface area contributed by atoms with E-state index in [1.807, 2.05) is 18.2 Å². The Morgan fingerprint density at radius 2 is 2.29 bits per heavy atom. The van der Waals surface area contributed by atoms with Gasteiger partial charge in [-0.2, -0.15) is 0 Å². The maximum atomic E-state index is 11.7. The van der Waals surface area contributed by atoms with Crippen LogP contribution in [0.2, 0.25) is 0 Å². The zero-order valence-electron chi connectivity index (χ0n) is 8.38. The van der Waals surface area contributed by atoms with Crippen molar-refractivity contribution in [2.24, 2.45) is 0 Å². The smallest absolute Gasteiger partial charge is 0.166 e. The van der Waals surface area contributed by atoms with E-state index < -0.39 is 0 Å². The number of ether oxygens (including phenoxy) is 1. The summed E-state index contributed by atoms with van der Waals surface area (Å²) in [7, 11) is 0. The second kappa shape index (κ2) is 3.82. The summed E-state index contributed by atoms with van der Waals surface area (Å²) in [6.45, 7) is 2.74. The van der Waals surface area contributed by atoms with Gasteiger partial charge in [-0.25, -0.2) is 0 Å². The quantitative estimate of drug-likeness (QED) is 0.680. The first-order valence-corrected chi connectivity index (χ1v) is 5.11. The molecule has 2 nitrogen and oxygen atoms in total. The van der Waals surface area contributed by atoms with E-state index in [0.717, 1.165) is 29.7 Å². The highest BCUT2D eigenvalue weighted by molar-refractivity contribution is 5.99. The summed E-state index contributed by atoms with van der Waals surface area (Å²) in [6.07, 6.45) is 2.35. The second-order valence-electron chi connectivity index (χ2n) is 3.52. The predicted octanol–water partition coefficient (Wildman–Crippen LogP) is 2.60. The van der Waals surface area contributed by atoms with Gasteiger partial charge in [0.2, 0.25) is 0 Å². The van der Waals surface area contributed by atoms with Crippen molar-refractivity contribution in [3.05, 3.63) is 29.3 Å². The molecule has 1 aliphatic heterocycles. The fourth-order valence-electron chi connectivity index (χ4n) is 1.79. The lowest BCUT2D eigenvalue weighted by molar-refractivity contribution is 0.0983. The molecule has 0 bridgehead atoms. The van der Waals surface area contributed by atoms with Crippen LogP contribution in [0, 0.1) is 0 Å². The molecule has 0 amide bonds. The number of fused-ring (bicyclic) bond motifs is 1. The summed E-state index contributed by atoms with van der Waals surface area (Å²) in [5.41, 5.74) is 1.90. The number of rotatable bonds is 1. The van der Waals surface area contributed by atoms with E-state index in [-0.39, 0.29) is 5.78 Å². The molecule has 0 atom stereocenters. The molecular weight excluding hydrogens is 176 g/mol. The van der Waals surface area contributed by atoms with Crippen molar-refractivity contribution >= 4 is 5.78 Å². The molecule has 2 heteroatoms. The van der Waals surface area contributed by atoms with Gasteiger partial charge in [-0.1, -0.05) is 19.1 Å². The molecule has 74 valence electrons. The van der Waals surface area contributed by atoms with Crippen molar-refractivity contribution in [3.8, 4) is 5.75 Å². The Kier molecular flexibility index (Phi) is 2.53. The van der Waals surface area contributed by atoms with Gasteiger partial charge in [0, 0.05) is 6.42 Å². The molecule has 1 aliphatic rings. The largest absolute Gasteiger partial charge is 0.493 e. The Balaban J connectivity index is 2.51. The number of aryl methyl sites for hydroxylation is 1. The number of hydrogen-bond acceptors (Lipinski definition) is 2. The summed E-state index contributed by atoms with van der Waals surface area (Å²) in [6, 6.07) is 5.82. The number of ketones is 1. The SMILES string of the molecule is CCc1cccc2c1OCCCC2=O. The van der Waals surface area contributed by atoms with Gasteiger partial charge in [-0.3, -0.25) is 4.79 Å². The molecule has 2 rings (SSSR count). The lowest BCUT2D eigenvalue weighted by Gasteiger charge is -2.10. The monoisotopic (exact) mass is 190 g/mol. The van der Waals surface area contributed by atoms with E-state index in [2.05, 4.69) is 6.92 Å². The number of Topliss-reactive ketones (excluding diaryl/α,β-unsaturated/α-hetero) is 1. The summed E-state index contributed by atoms with van der Waals surface area (Å²) in [5, 5.41) is 0. The zero-order chi connectivity index (χ0) is 9.97. The lowest BCUT2D eigenvalue weighted by atomic mass is 10.0. The summed E-state index contributed by atoms with van der Waals surface area (Å²) < 4.78 is 5.62. The average Bonchev–Trinajstić information content (AvgIpc) is 2.41. The van der Waals surface area contributed by atoms with Crippen molar-refractivity contribution in [1.29, 1.82) is 0 Å². The Morgan fingerprint density at radius 1 is 1.43 bits per heavy atom. The van der Waals surface area contributed by atoms with Crippen LogP contribution >= 0.6 is 0 Å². The third-order valence-electron chi connectivity index (χ3n) is 2.57. The summed E-state index contributed by atoms with van der Waals surface area (Å²) in [4.78, 5) is 11.7. The first-order valence-electron chi connectivity index (χ1n) is 5.11. The molecule has 0 saturated carbocycles. The van der Waals surface area contributed by atoms with Gasteiger partial charge in [0.15, 0.2) is 5.78 Å². The van der Waals surface area contributed by atoms with E-state index in [9.17, 15) is 4.79 Å². The van der Waals surface area contributed by atoms with Crippen LogP contribution in [0.4, 0.5) is 0 Å². The van der Waals surface area contributed by atoms with Crippen molar-refractivity contribution in [2.75, 3.05) is 6.61 Å². The van der Waals surface area contributed by atoms with Gasteiger partial charge in [-0.05, 0) is 24.5 Å². The fraction of sp³-hybridized carbons (Fsp3) is 0.417. The van der Waals surface area contributed by atoms with Crippen molar-refractivity contribution < 1.29 is 9.53 Å². The van der Waals surface area contributed by atoms with Crippen LogP contribution in [0.15, 0.2) is 18.2 Å². The molecule has 14 heavy (non-hydrogen) atoms. The van der Waals surface area contributed by atoms with E-state index in [0.29, 0.717) is 13.0 Å². The molecule has 0 unspecified atom stereocenters. The Bertz CT molecular complexity index is 355. The number of hydrogen-bond donors (Lipinski definition) is 0. The van der Waals surface area contributed by atoms with Crippen LogP contribution in [0.1, 0.15) is 35.7 Å². The molecule has 0 saturated heterocycles. The molecule has 0 radical (unpaired) electrons.